The number of amides is 1. The molecule has 1 atom stereocenters. The summed E-state index contributed by atoms with van der Waals surface area (Å²) in [7, 11) is 0. The van der Waals surface area contributed by atoms with Crippen LogP contribution in [-0.2, 0) is 4.74 Å². The van der Waals surface area contributed by atoms with E-state index in [1.165, 1.54) is 0 Å². The summed E-state index contributed by atoms with van der Waals surface area (Å²) in [6.07, 6.45) is 2.31. The lowest BCUT2D eigenvalue weighted by molar-refractivity contribution is 0.0679. The fourth-order valence-electron chi connectivity index (χ4n) is 2.58. The van der Waals surface area contributed by atoms with E-state index < -0.39 is 0 Å². The molecular weight excluding hydrogens is 372 g/mol. The Kier molecular flexibility index (Phi) is 6.44. The van der Waals surface area contributed by atoms with Gasteiger partial charge in [0.1, 0.15) is 12.4 Å². The fraction of sp³-hybridized carbons (Fsp3) is 0.263. The summed E-state index contributed by atoms with van der Waals surface area (Å²) in [5.74, 6) is 0.404. The van der Waals surface area contributed by atoms with E-state index in [1.54, 1.807) is 24.3 Å². The van der Waals surface area contributed by atoms with Gasteiger partial charge in [0.15, 0.2) is 5.11 Å². The monoisotopic (exact) mass is 390 g/mol. The number of rotatable bonds is 5. The average Bonchev–Trinajstić information content (AvgIpc) is 3.15. The van der Waals surface area contributed by atoms with Crippen LogP contribution in [0.3, 0.4) is 0 Å². The number of thiocarbonyl (C=S) groups is 1. The number of carbonyl (C=O) groups excluding carboxylic acids is 1. The van der Waals surface area contributed by atoms with Crippen molar-refractivity contribution >= 4 is 40.5 Å². The smallest absolute Gasteiger partial charge is 0.258 e. The maximum Gasteiger partial charge on any atom is 0.258 e. The second-order valence-corrected chi connectivity index (χ2v) is 6.67. The molecule has 26 heavy (non-hydrogen) atoms. The molecule has 3 rings (SSSR count). The summed E-state index contributed by atoms with van der Waals surface area (Å²) in [5.41, 5.74) is 1.12. The van der Waals surface area contributed by atoms with E-state index in [4.69, 9.17) is 33.3 Å². The first-order chi connectivity index (χ1) is 12.6. The topological polar surface area (TPSA) is 59.6 Å². The third-order valence-corrected chi connectivity index (χ3v) is 4.45. The minimum Gasteiger partial charge on any atom is -0.491 e. The van der Waals surface area contributed by atoms with Crippen molar-refractivity contribution in [3.05, 3.63) is 59.1 Å². The van der Waals surface area contributed by atoms with Crippen LogP contribution in [0.5, 0.6) is 5.75 Å². The Morgan fingerprint density at radius 1 is 1.23 bits per heavy atom. The van der Waals surface area contributed by atoms with Crippen molar-refractivity contribution in [3.63, 3.8) is 0 Å². The fourth-order valence-corrected chi connectivity index (χ4v) is 3.01. The molecule has 5 nitrogen and oxygen atoms in total. The first kappa shape index (κ1) is 18.6. The molecule has 2 aromatic rings. The lowest BCUT2D eigenvalue weighted by Crippen LogP contribution is -2.34. The molecule has 0 saturated carbocycles. The molecule has 136 valence electrons. The van der Waals surface area contributed by atoms with Gasteiger partial charge in [-0.15, -0.1) is 0 Å². The van der Waals surface area contributed by atoms with E-state index in [-0.39, 0.29) is 17.1 Å². The summed E-state index contributed by atoms with van der Waals surface area (Å²) in [6.45, 7) is 1.37. The number of hydrogen-bond donors (Lipinski definition) is 2. The molecule has 1 aliphatic heterocycles. The molecule has 0 aromatic heterocycles. The molecule has 1 unspecified atom stereocenters. The van der Waals surface area contributed by atoms with Crippen molar-refractivity contribution in [2.45, 2.75) is 18.9 Å². The predicted octanol–water partition coefficient (Wildman–Crippen LogP) is 4.02. The van der Waals surface area contributed by atoms with Crippen LogP contribution < -0.4 is 15.4 Å². The van der Waals surface area contributed by atoms with Crippen LogP contribution in [-0.4, -0.2) is 30.3 Å². The number of carbonyl (C=O) groups is 1. The molecular formula is C19H19ClN2O3S. The Hall–Kier alpha value is -2.15. The van der Waals surface area contributed by atoms with Crippen LogP contribution in [0.4, 0.5) is 5.69 Å². The van der Waals surface area contributed by atoms with Gasteiger partial charge in [0.2, 0.25) is 0 Å². The van der Waals surface area contributed by atoms with Crippen molar-refractivity contribution in [2.75, 3.05) is 18.5 Å². The van der Waals surface area contributed by atoms with Gasteiger partial charge in [0.25, 0.3) is 5.91 Å². The third kappa shape index (κ3) is 5.17. The van der Waals surface area contributed by atoms with Gasteiger partial charge >= 0.3 is 0 Å². The Balaban J connectivity index is 1.49. The van der Waals surface area contributed by atoms with Crippen LogP contribution in [0, 0.1) is 0 Å². The number of benzene rings is 2. The van der Waals surface area contributed by atoms with Gasteiger partial charge in [0, 0.05) is 12.3 Å². The van der Waals surface area contributed by atoms with Gasteiger partial charge in [0.05, 0.1) is 16.7 Å². The van der Waals surface area contributed by atoms with Crippen molar-refractivity contribution < 1.29 is 14.3 Å². The van der Waals surface area contributed by atoms with Crippen LogP contribution in [0.2, 0.25) is 5.02 Å². The molecule has 0 radical (unpaired) electrons. The Morgan fingerprint density at radius 2 is 2.00 bits per heavy atom. The second-order valence-electron chi connectivity index (χ2n) is 5.86. The average molecular weight is 391 g/mol. The molecule has 7 heteroatoms. The van der Waals surface area contributed by atoms with E-state index in [0.717, 1.165) is 30.9 Å². The summed E-state index contributed by atoms with van der Waals surface area (Å²) < 4.78 is 11.2. The van der Waals surface area contributed by atoms with Gasteiger partial charge in [-0.1, -0.05) is 23.7 Å². The Bertz CT molecular complexity index is 777. The third-order valence-electron chi connectivity index (χ3n) is 3.92. The van der Waals surface area contributed by atoms with Crippen molar-refractivity contribution in [3.8, 4) is 5.75 Å². The summed E-state index contributed by atoms with van der Waals surface area (Å²) in [4.78, 5) is 12.2. The zero-order valence-electron chi connectivity index (χ0n) is 14.0. The van der Waals surface area contributed by atoms with Gasteiger partial charge in [-0.3, -0.25) is 10.1 Å². The summed E-state index contributed by atoms with van der Waals surface area (Å²) in [6, 6.07) is 14.1. The molecule has 1 aliphatic rings. The standard InChI is InChI=1S/C19H19ClN2O3S/c20-17-6-2-1-5-16(17)18(23)22-19(26)21-13-7-9-14(10-8-13)25-12-15-4-3-11-24-15/h1-2,5-10,15H,3-4,11-12H2,(H2,21,22,23,26). The normalized spacial score (nSPS) is 16.1. The zero-order valence-corrected chi connectivity index (χ0v) is 15.6. The van der Waals surface area contributed by atoms with E-state index in [1.807, 2.05) is 24.3 Å². The molecule has 0 aliphatic carbocycles. The van der Waals surface area contributed by atoms with Crippen LogP contribution in [0.15, 0.2) is 48.5 Å². The van der Waals surface area contributed by atoms with Crippen molar-refractivity contribution in [1.29, 1.82) is 0 Å². The number of hydrogen-bond acceptors (Lipinski definition) is 4. The van der Waals surface area contributed by atoms with Crippen molar-refractivity contribution in [2.24, 2.45) is 0 Å². The SMILES string of the molecule is O=C(NC(=S)Nc1ccc(OCC2CCCO2)cc1)c1ccccc1Cl. The van der Waals surface area contributed by atoms with Gasteiger partial charge in [-0.05, 0) is 61.5 Å². The highest BCUT2D eigenvalue weighted by molar-refractivity contribution is 7.80. The van der Waals surface area contributed by atoms with E-state index in [2.05, 4.69) is 10.6 Å². The highest BCUT2D eigenvalue weighted by Gasteiger charge is 2.16. The minimum atomic E-state index is -0.357. The molecule has 0 bridgehead atoms. The first-order valence-electron chi connectivity index (χ1n) is 8.33. The summed E-state index contributed by atoms with van der Waals surface area (Å²) >= 11 is 11.2. The Morgan fingerprint density at radius 3 is 2.69 bits per heavy atom. The lowest BCUT2D eigenvalue weighted by atomic mass is 10.2. The minimum absolute atomic E-state index is 0.181. The zero-order chi connectivity index (χ0) is 18.4. The van der Waals surface area contributed by atoms with Crippen LogP contribution in [0.25, 0.3) is 0 Å². The quantitative estimate of drug-likeness (QED) is 0.755. The highest BCUT2D eigenvalue weighted by Crippen LogP contribution is 2.19. The number of halogens is 1. The molecule has 2 aromatic carbocycles. The van der Waals surface area contributed by atoms with E-state index in [9.17, 15) is 4.79 Å². The molecule has 1 saturated heterocycles. The van der Waals surface area contributed by atoms with Gasteiger partial charge in [-0.25, -0.2) is 0 Å². The largest absolute Gasteiger partial charge is 0.491 e. The van der Waals surface area contributed by atoms with Crippen LogP contribution in [0.1, 0.15) is 23.2 Å². The Labute approximate surface area is 162 Å². The predicted molar refractivity (Wildman–Crippen MR) is 106 cm³/mol. The van der Waals surface area contributed by atoms with E-state index in [0.29, 0.717) is 17.2 Å². The number of ether oxygens (including phenoxy) is 2. The van der Waals surface area contributed by atoms with Gasteiger partial charge in [-0.2, -0.15) is 0 Å². The molecule has 1 heterocycles. The van der Waals surface area contributed by atoms with Crippen LogP contribution >= 0.6 is 23.8 Å². The second kappa shape index (κ2) is 8.98. The maximum atomic E-state index is 12.2. The summed E-state index contributed by atoms with van der Waals surface area (Å²) in [5, 5.41) is 6.15. The maximum absolute atomic E-state index is 12.2. The van der Waals surface area contributed by atoms with E-state index >= 15 is 0 Å². The molecule has 0 spiro atoms. The number of anilines is 1. The van der Waals surface area contributed by atoms with Crippen molar-refractivity contribution in [1.82, 2.24) is 5.32 Å². The lowest BCUT2D eigenvalue weighted by Gasteiger charge is -2.13. The highest BCUT2D eigenvalue weighted by atomic mass is 35.5. The first-order valence-corrected chi connectivity index (χ1v) is 9.12. The number of nitrogens with one attached hydrogen (secondary N) is 2. The van der Waals surface area contributed by atoms with Gasteiger partial charge < -0.3 is 14.8 Å². The molecule has 1 fully saturated rings. The molecule has 2 N–H and O–H groups in total. The molecule has 1 amide bonds.